The predicted octanol–water partition coefficient (Wildman–Crippen LogP) is 3.01. The molecule has 2 heterocycles. The lowest BCUT2D eigenvalue weighted by atomic mass is 9.94. The summed E-state index contributed by atoms with van der Waals surface area (Å²) in [6, 6.07) is 10.1. The van der Waals surface area contributed by atoms with Crippen molar-refractivity contribution in [3.8, 4) is 0 Å². The van der Waals surface area contributed by atoms with Gasteiger partial charge >= 0.3 is 5.97 Å². The number of aryl methyl sites for hydroxylation is 1. The van der Waals surface area contributed by atoms with E-state index in [9.17, 15) is 14.4 Å². The van der Waals surface area contributed by atoms with Gasteiger partial charge in [-0.05, 0) is 36.6 Å². The Morgan fingerprint density at radius 3 is 2.56 bits per heavy atom. The minimum Gasteiger partial charge on any atom is -0.465 e. The highest BCUT2D eigenvalue weighted by atomic mass is 16.5. The van der Waals surface area contributed by atoms with Crippen LogP contribution < -0.4 is 0 Å². The Labute approximate surface area is 156 Å². The van der Waals surface area contributed by atoms with Gasteiger partial charge in [-0.15, -0.1) is 0 Å². The number of ketones is 1. The summed E-state index contributed by atoms with van der Waals surface area (Å²) in [5, 5.41) is 4.20. The highest BCUT2D eigenvalue weighted by molar-refractivity contribution is 5.96. The Kier molecular flexibility index (Phi) is 5.12. The van der Waals surface area contributed by atoms with Crippen molar-refractivity contribution < 1.29 is 19.1 Å². The van der Waals surface area contributed by atoms with Gasteiger partial charge in [-0.2, -0.15) is 5.10 Å². The van der Waals surface area contributed by atoms with Crippen molar-refractivity contribution in [2.45, 2.75) is 26.2 Å². The van der Waals surface area contributed by atoms with Crippen LogP contribution in [0.4, 0.5) is 0 Å². The third-order valence-corrected chi connectivity index (χ3v) is 4.38. The van der Waals surface area contributed by atoms with Crippen molar-refractivity contribution in [2.24, 2.45) is 0 Å². The minimum absolute atomic E-state index is 0.0754. The normalized spacial score (nSPS) is 12.0. The molecule has 0 unspecified atom stereocenters. The second kappa shape index (κ2) is 7.49. The first-order chi connectivity index (χ1) is 12.9. The van der Waals surface area contributed by atoms with Crippen molar-refractivity contribution in [3.05, 3.63) is 64.6 Å². The quantitative estimate of drug-likeness (QED) is 0.379. The summed E-state index contributed by atoms with van der Waals surface area (Å²) >= 11 is 0. The molecule has 0 fully saturated rings. The summed E-state index contributed by atoms with van der Waals surface area (Å²) in [5.74, 6) is -0.641. The SMILES string of the molecule is COC(=O)c1ccc([C@H](C)CC(=O)c2cc(C=O)n3nc(C)cc3n2)cc1. The zero-order valence-corrected chi connectivity index (χ0v) is 15.3. The van der Waals surface area contributed by atoms with Gasteiger partial charge in [0.1, 0.15) is 11.4 Å². The van der Waals surface area contributed by atoms with Gasteiger partial charge in [0.05, 0.1) is 18.4 Å². The van der Waals surface area contributed by atoms with Crippen LogP contribution in [0.1, 0.15) is 61.9 Å². The van der Waals surface area contributed by atoms with Crippen LogP contribution in [-0.2, 0) is 4.74 Å². The van der Waals surface area contributed by atoms with Gasteiger partial charge in [-0.1, -0.05) is 19.1 Å². The van der Waals surface area contributed by atoms with E-state index in [2.05, 4.69) is 14.8 Å². The van der Waals surface area contributed by atoms with Crippen LogP contribution in [0.25, 0.3) is 5.65 Å². The minimum atomic E-state index is -0.403. The first kappa shape index (κ1) is 18.4. The first-order valence-corrected chi connectivity index (χ1v) is 8.47. The number of benzene rings is 1. The lowest BCUT2D eigenvalue weighted by Gasteiger charge is -2.12. The Balaban J connectivity index is 1.81. The number of carbonyl (C=O) groups excluding carboxylic acids is 3. The first-order valence-electron chi connectivity index (χ1n) is 8.47. The molecule has 0 saturated carbocycles. The number of aromatic nitrogens is 3. The van der Waals surface area contributed by atoms with Crippen LogP contribution in [0, 0.1) is 6.92 Å². The fourth-order valence-corrected chi connectivity index (χ4v) is 2.91. The molecule has 3 aromatic rings. The van der Waals surface area contributed by atoms with Crippen molar-refractivity contribution in [3.63, 3.8) is 0 Å². The lowest BCUT2D eigenvalue weighted by Crippen LogP contribution is -2.11. The molecule has 2 aromatic heterocycles. The van der Waals surface area contributed by atoms with E-state index in [4.69, 9.17) is 0 Å². The van der Waals surface area contributed by atoms with Gasteiger partial charge in [0.25, 0.3) is 0 Å². The Bertz CT molecular complexity index is 1020. The predicted molar refractivity (Wildman–Crippen MR) is 98.3 cm³/mol. The summed E-state index contributed by atoms with van der Waals surface area (Å²) in [4.78, 5) is 39.8. The number of Topliss-reactive ketones (excluding diaryl/α,β-unsaturated/α-hetero) is 1. The number of rotatable bonds is 6. The Hall–Kier alpha value is -3.35. The van der Waals surface area contributed by atoms with Crippen LogP contribution in [0.3, 0.4) is 0 Å². The number of aldehydes is 1. The molecule has 27 heavy (non-hydrogen) atoms. The molecule has 1 aromatic carbocycles. The van der Waals surface area contributed by atoms with Crippen molar-refractivity contribution in [1.82, 2.24) is 14.6 Å². The van der Waals surface area contributed by atoms with Crippen LogP contribution in [0.2, 0.25) is 0 Å². The molecule has 7 heteroatoms. The van der Waals surface area contributed by atoms with Crippen LogP contribution in [0.5, 0.6) is 0 Å². The van der Waals surface area contributed by atoms with E-state index in [1.807, 2.05) is 6.92 Å². The molecule has 0 aliphatic rings. The van der Waals surface area contributed by atoms with E-state index in [1.54, 1.807) is 37.3 Å². The maximum Gasteiger partial charge on any atom is 0.337 e. The van der Waals surface area contributed by atoms with Gasteiger partial charge in [0, 0.05) is 12.5 Å². The van der Waals surface area contributed by atoms with Crippen LogP contribution in [0.15, 0.2) is 36.4 Å². The lowest BCUT2D eigenvalue weighted by molar-refractivity contribution is 0.0600. The average molecular weight is 365 g/mol. The van der Waals surface area contributed by atoms with Gasteiger partial charge in [-0.25, -0.2) is 14.3 Å². The topological polar surface area (TPSA) is 90.6 Å². The fourth-order valence-electron chi connectivity index (χ4n) is 2.91. The third kappa shape index (κ3) is 3.76. The van der Waals surface area contributed by atoms with Crippen LogP contribution >= 0.6 is 0 Å². The summed E-state index contributed by atoms with van der Waals surface area (Å²) in [6.07, 6.45) is 0.888. The Morgan fingerprint density at radius 1 is 1.22 bits per heavy atom. The molecule has 0 aliphatic carbocycles. The highest BCUT2D eigenvalue weighted by Gasteiger charge is 2.17. The largest absolute Gasteiger partial charge is 0.465 e. The number of carbonyl (C=O) groups is 3. The van der Waals surface area contributed by atoms with Crippen molar-refractivity contribution >= 4 is 23.7 Å². The number of hydrogen-bond acceptors (Lipinski definition) is 6. The molecule has 0 amide bonds. The van der Waals surface area contributed by atoms with E-state index in [0.717, 1.165) is 5.56 Å². The summed E-state index contributed by atoms with van der Waals surface area (Å²) < 4.78 is 6.11. The van der Waals surface area contributed by atoms with Crippen LogP contribution in [-0.4, -0.2) is 39.7 Å². The molecular formula is C20H19N3O4. The molecule has 0 radical (unpaired) electrons. The highest BCUT2D eigenvalue weighted by Crippen LogP contribution is 2.22. The van der Waals surface area contributed by atoms with Crippen molar-refractivity contribution in [2.75, 3.05) is 7.11 Å². The van der Waals surface area contributed by atoms with E-state index >= 15 is 0 Å². The fraction of sp³-hybridized carbons (Fsp3) is 0.250. The maximum atomic E-state index is 12.7. The number of ether oxygens (including phenoxy) is 1. The zero-order valence-electron chi connectivity index (χ0n) is 15.3. The molecule has 0 N–H and O–H groups in total. The van der Waals surface area contributed by atoms with Gasteiger partial charge in [-0.3, -0.25) is 9.59 Å². The third-order valence-electron chi connectivity index (χ3n) is 4.38. The van der Waals surface area contributed by atoms with E-state index < -0.39 is 5.97 Å². The average Bonchev–Trinajstić information content (AvgIpc) is 3.06. The number of nitrogens with zero attached hydrogens (tertiary/aromatic N) is 3. The van der Waals surface area contributed by atoms with E-state index in [1.165, 1.54) is 17.7 Å². The number of hydrogen-bond donors (Lipinski definition) is 0. The van der Waals surface area contributed by atoms with Crippen molar-refractivity contribution in [1.29, 1.82) is 0 Å². The molecule has 3 rings (SSSR count). The second-order valence-corrected chi connectivity index (χ2v) is 6.38. The van der Waals surface area contributed by atoms with Gasteiger partial charge in [0.15, 0.2) is 17.7 Å². The molecule has 138 valence electrons. The van der Waals surface area contributed by atoms with Gasteiger partial charge < -0.3 is 4.74 Å². The molecule has 0 spiro atoms. The number of esters is 1. The second-order valence-electron chi connectivity index (χ2n) is 6.38. The summed E-state index contributed by atoms with van der Waals surface area (Å²) in [5.41, 5.74) is 3.09. The maximum absolute atomic E-state index is 12.7. The zero-order chi connectivity index (χ0) is 19.6. The summed E-state index contributed by atoms with van der Waals surface area (Å²) in [6.45, 7) is 3.72. The molecule has 0 aliphatic heterocycles. The van der Waals surface area contributed by atoms with E-state index in [0.29, 0.717) is 23.2 Å². The monoisotopic (exact) mass is 365 g/mol. The standard InChI is InChI=1S/C20H19N3O4/c1-12(14-4-6-15(7-5-14)20(26)27-3)8-18(25)17-10-16(11-24)23-19(21-17)9-13(2)22-23/h4-7,9-12H,8H2,1-3H3/t12-/m1/s1. The van der Waals surface area contributed by atoms with Gasteiger partial charge in [0.2, 0.25) is 0 Å². The summed E-state index contributed by atoms with van der Waals surface area (Å²) in [7, 11) is 1.33. The molecular weight excluding hydrogens is 346 g/mol. The molecule has 0 saturated heterocycles. The number of fused-ring (bicyclic) bond motifs is 1. The smallest absolute Gasteiger partial charge is 0.337 e. The molecule has 7 nitrogen and oxygen atoms in total. The van der Waals surface area contributed by atoms with E-state index in [-0.39, 0.29) is 29.5 Å². The number of methoxy groups -OCH3 is 1. The molecule has 1 atom stereocenters. The Morgan fingerprint density at radius 2 is 1.93 bits per heavy atom. The molecule has 0 bridgehead atoms.